The number of hydrogen-bond donors (Lipinski definition) is 3. The molecule has 5 nitrogen and oxygen atoms in total. The Morgan fingerprint density at radius 2 is 2.17 bits per heavy atom. The molecule has 4 N–H and O–H groups in total. The first kappa shape index (κ1) is 12.7. The Morgan fingerprint density at radius 3 is 2.72 bits per heavy atom. The lowest BCUT2D eigenvalue weighted by atomic mass is 9.93. The third-order valence-electron chi connectivity index (χ3n) is 3.23. The Bertz CT molecular complexity index is 418. The van der Waals surface area contributed by atoms with E-state index in [0.717, 1.165) is 12.8 Å². The lowest BCUT2D eigenvalue weighted by Crippen LogP contribution is -2.48. The van der Waals surface area contributed by atoms with E-state index >= 15 is 0 Å². The van der Waals surface area contributed by atoms with Crippen molar-refractivity contribution in [3.05, 3.63) is 24.3 Å². The third kappa shape index (κ3) is 2.73. The van der Waals surface area contributed by atoms with Crippen molar-refractivity contribution in [3.8, 4) is 0 Å². The van der Waals surface area contributed by atoms with Gasteiger partial charge in [-0.3, -0.25) is 4.90 Å². The van der Waals surface area contributed by atoms with Crippen molar-refractivity contribution in [1.29, 1.82) is 0 Å². The molecule has 0 saturated heterocycles. The van der Waals surface area contributed by atoms with Crippen molar-refractivity contribution >= 4 is 17.4 Å². The second-order valence-electron chi connectivity index (χ2n) is 4.51. The molecule has 98 valence electrons. The van der Waals surface area contributed by atoms with Crippen LogP contribution in [0.5, 0.6) is 0 Å². The smallest absolute Gasteiger partial charge is 0.322 e. The number of aliphatic hydroxyl groups is 1. The lowest BCUT2D eigenvalue weighted by Gasteiger charge is -2.31. The molecule has 0 radical (unpaired) electrons. The van der Waals surface area contributed by atoms with E-state index in [9.17, 15) is 4.79 Å². The molecule has 1 aliphatic rings. The topological polar surface area (TPSA) is 78.6 Å². The van der Waals surface area contributed by atoms with Gasteiger partial charge < -0.3 is 16.2 Å². The molecule has 0 aromatic heterocycles. The summed E-state index contributed by atoms with van der Waals surface area (Å²) in [5.41, 5.74) is 7.04. The zero-order valence-corrected chi connectivity index (χ0v) is 10.3. The SMILES string of the molecule is Nc1ccccc1N(CCO)C(=O)NC1CCC1. The third-order valence-corrected chi connectivity index (χ3v) is 3.23. The monoisotopic (exact) mass is 249 g/mol. The fourth-order valence-electron chi connectivity index (χ4n) is 1.97. The lowest BCUT2D eigenvalue weighted by molar-refractivity contribution is 0.230. The number of carbonyl (C=O) groups is 1. The highest BCUT2D eigenvalue weighted by Gasteiger charge is 2.23. The van der Waals surface area contributed by atoms with Crippen LogP contribution in [0.2, 0.25) is 0 Å². The summed E-state index contributed by atoms with van der Waals surface area (Å²) < 4.78 is 0. The summed E-state index contributed by atoms with van der Waals surface area (Å²) in [6.07, 6.45) is 3.23. The van der Waals surface area contributed by atoms with E-state index in [1.54, 1.807) is 12.1 Å². The number of aliphatic hydroxyl groups excluding tert-OH is 1. The van der Waals surface area contributed by atoms with Crippen LogP contribution in [0.3, 0.4) is 0 Å². The molecule has 0 atom stereocenters. The Kier molecular flexibility index (Phi) is 4.04. The van der Waals surface area contributed by atoms with Gasteiger partial charge in [-0.05, 0) is 31.4 Å². The summed E-state index contributed by atoms with van der Waals surface area (Å²) in [7, 11) is 0. The van der Waals surface area contributed by atoms with E-state index < -0.39 is 0 Å². The summed E-state index contributed by atoms with van der Waals surface area (Å²) in [6, 6.07) is 7.25. The van der Waals surface area contributed by atoms with Gasteiger partial charge in [-0.25, -0.2) is 4.79 Å². The maximum Gasteiger partial charge on any atom is 0.322 e. The zero-order valence-electron chi connectivity index (χ0n) is 10.3. The van der Waals surface area contributed by atoms with Crippen molar-refractivity contribution in [3.63, 3.8) is 0 Å². The Hall–Kier alpha value is -1.75. The average Bonchev–Trinajstić information content (AvgIpc) is 2.32. The van der Waals surface area contributed by atoms with Gasteiger partial charge in [-0.15, -0.1) is 0 Å². The predicted octanol–water partition coefficient (Wildman–Crippen LogP) is 1.33. The fraction of sp³-hybridized carbons (Fsp3) is 0.462. The molecule has 0 spiro atoms. The first-order chi connectivity index (χ1) is 8.72. The normalized spacial score (nSPS) is 14.9. The van der Waals surface area contributed by atoms with Gasteiger partial charge in [0.1, 0.15) is 0 Å². The second kappa shape index (κ2) is 5.73. The van der Waals surface area contributed by atoms with Crippen LogP contribution in [0.15, 0.2) is 24.3 Å². The number of para-hydroxylation sites is 2. The summed E-state index contributed by atoms with van der Waals surface area (Å²) in [4.78, 5) is 13.6. The molecular formula is C13H19N3O2. The molecule has 2 amide bonds. The fourth-order valence-corrected chi connectivity index (χ4v) is 1.97. The molecule has 2 rings (SSSR count). The van der Waals surface area contributed by atoms with Gasteiger partial charge >= 0.3 is 6.03 Å². The first-order valence-corrected chi connectivity index (χ1v) is 6.25. The van der Waals surface area contributed by atoms with E-state index in [1.807, 2.05) is 12.1 Å². The van der Waals surface area contributed by atoms with Crippen LogP contribution in [0.4, 0.5) is 16.2 Å². The molecule has 0 bridgehead atoms. The molecule has 18 heavy (non-hydrogen) atoms. The molecule has 1 fully saturated rings. The average molecular weight is 249 g/mol. The minimum Gasteiger partial charge on any atom is -0.397 e. The van der Waals surface area contributed by atoms with Crippen LogP contribution in [0.1, 0.15) is 19.3 Å². The highest BCUT2D eigenvalue weighted by atomic mass is 16.3. The van der Waals surface area contributed by atoms with Gasteiger partial charge in [-0.2, -0.15) is 0 Å². The number of carbonyl (C=O) groups excluding carboxylic acids is 1. The minimum absolute atomic E-state index is 0.0909. The second-order valence-corrected chi connectivity index (χ2v) is 4.51. The van der Waals surface area contributed by atoms with Crippen LogP contribution >= 0.6 is 0 Å². The first-order valence-electron chi connectivity index (χ1n) is 6.25. The van der Waals surface area contributed by atoms with Crippen LogP contribution in [0.25, 0.3) is 0 Å². The number of nitrogens with zero attached hydrogens (tertiary/aromatic N) is 1. The maximum atomic E-state index is 12.1. The highest BCUT2D eigenvalue weighted by Crippen LogP contribution is 2.24. The summed E-state index contributed by atoms with van der Waals surface area (Å²) in [5.74, 6) is 0. The number of nitrogen functional groups attached to an aromatic ring is 1. The van der Waals surface area contributed by atoms with E-state index in [-0.39, 0.29) is 25.2 Å². The molecule has 1 saturated carbocycles. The van der Waals surface area contributed by atoms with Crippen molar-refractivity contribution in [2.45, 2.75) is 25.3 Å². The number of amides is 2. The highest BCUT2D eigenvalue weighted by molar-refractivity contribution is 5.95. The number of nitrogens with one attached hydrogen (secondary N) is 1. The molecule has 5 heteroatoms. The number of anilines is 2. The van der Waals surface area contributed by atoms with E-state index in [2.05, 4.69) is 5.32 Å². The molecule has 1 aromatic carbocycles. The number of nitrogens with two attached hydrogens (primary N) is 1. The Balaban J connectivity index is 2.11. The molecule has 0 heterocycles. The quantitative estimate of drug-likeness (QED) is 0.704. The van der Waals surface area contributed by atoms with E-state index in [1.165, 1.54) is 11.3 Å². The number of rotatable bonds is 4. The Labute approximate surface area is 107 Å². The van der Waals surface area contributed by atoms with Crippen molar-refractivity contribution in [1.82, 2.24) is 5.32 Å². The van der Waals surface area contributed by atoms with Gasteiger partial charge in [0, 0.05) is 6.04 Å². The largest absolute Gasteiger partial charge is 0.397 e. The summed E-state index contributed by atoms with van der Waals surface area (Å²) in [5, 5.41) is 12.0. The van der Waals surface area contributed by atoms with Crippen molar-refractivity contribution < 1.29 is 9.90 Å². The van der Waals surface area contributed by atoms with Gasteiger partial charge in [0.2, 0.25) is 0 Å². The predicted molar refractivity (Wildman–Crippen MR) is 71.5 cm³/mol. The van der Waals surface area contributed by atoms with Gasteiger partial charge in [0.05, 0.1) is 24.5 Å². The van der Waals surface area contributed by atoms with Crippen LogP contribution in [-0.2, 0) is 0 Å². The summed E-state index contributed by atoms with van der Waals surface area (Å²) in [6.45, 7) is 0.152. The van der Waals surface area contributed by atoms with Gasteiger partial charge in [0.25, 0.3) is 0 Å². The Morgan fingerprint density at radius 1 is 1.44 bits per heavy atom. The van der Waals surface area contributed by atoms with E-state index in [0.29, 0.717) is 11.4 Å². The molecule has 1 aliphatic carbocycles. The van der Waals surface area contributed by atoms with E-state index in [4.69, 9.17) is 10.8 Å². The molecular weight excluding hydrogens is 230 g/mol. The van der Waals surface area contributed by atoms with Crippen molar-refractivity contribution in [2.75, 3.05) is 23.8 Å². The minimum atomic E-state index is -0.188. The summed E-state index contributed by atoms with van der Waals surface area (Å²) >= 11 is 0. The standard InChI is InChI=1S/C13H19N3O2/c14-11-6-1-2-7-12(11)16(8-9-17)13(18)15-10-4-3-5-10/h1-2,6-7,10,17H,3-5,8-9,14H2,(H,15,18). The zero-order chi connectivity index (χ0) is 13.0. The van der Waals surface area contributed by atoms with Crippen LogP contribution in [-0.4, -0.2) is 30.3 Å². The number of urea groups is 1. The van der Waals surface area contributed by atoms with Crippen molar-refractivity contribution in [2.24, 2.45) is 0 Å². The number of benzene rings is 1. The molecule has 1 aromatic rings. The molecule has 0 unspecified atom stereocenters. The van der Waals surface area contributed by atoms with Gasteiger partial charge in [0.15, 0.2) is 0 Å². The van der Waals surface area contributed by atoms with Crippen LogP contribution in [0, 0.1) is 0 Å². The molecule has 0 aliphatic heterocycles. The maximum absolute atomic E-state index is 12.1. The van der Waals surface area contributed by atoms with Gasteiger partial charge in [-0.1, -0.05) is 12.1 Å². The number of hydrogen-bond acceptors (Lipinski definition) is 3. The van der Waals surface area contributed by atoms with Crippen LogP contribution < -0.4 is 16.0 Å².